The third-order valence-electron chi connectivity index (χ3n) is 4.42. The summed E-state index contributed by atoms with van der Waals surface area (Å²) in [7, 11) is 0. The molecule has 27 heavy (non-hydrogen) atoms. The SMILES string of the molecule is C[C@H]([NH2+]Cc1ccc(C(=O)Nc2ccccc2)cc1)c1ccc(F)c(F)c1. The number of quaternary nitrogens is 1. The second-order valence-electron chi connectivity index (χ2n) is 6.42. The fourth-order valence-electron chi connectivity index (χ4n) is 2.76. The van der Waals surface area contributed by atoms with Crippen molar-refractivity contribution in [1.82, 2.24) is 0 Å². The quantitative estimate of drug-likeness (QED) is 0.679. The second kappa shape index (κ2) is 8.56. The second-order valence-corrected chi connectivity index (χ2v) is 6.42. The molecule has 3 rings (SSSR count). The molecule has 3 aromatic carbocycles. The van der Waals surface area contributed by atoms with Crippen LogP contribution >= 0.6 is 0 Å². The van der Waals surface area contributed by atoms with Crippen LogP contribution in [0.25, 0.3) is 0 Å². The van der Waals surface area contributed by atoms with E-state index in [1.165, 1.54) is 6.07 Å². The van der Waals surface area contributed by atoms with E-state index in [9.17, 15) is 13.6 Å². The van der Waals surface area contributed by atoms with Crippen LogP contribution in [0.15, 0.2) is 72.8 Å². The highest BCUT2D eigenvalue weighted by Crippen LogP contribution is 2.14. The lowest BCUT2D eigenvalue weighted by Crippen LogP contribution is -2.83. The van der Waals surface area contributed by atoms with Crippen molar-refractivity contribution < 1.29 is 18.9 Å². The Kier molecular flexibility index (Phi) is 5.94. The van der Waals surface area contributed by atoms with Gasteiger partial charge in [-0.05, 0) is 49.4 Å². The lowest BCUT2D eigenvalue weighted by Gasteiger charge is -2.12. The first-order chi connectivity index (χ1) is 13.0. The molecule has 0 bridgehead atoms. The van der Waals surface area contributed by atoms with Gasteiger partial charge in [0.1, 0.15) is 12.6 Å². The lowest BCUT2D eigenvalue weighted by molar-refractivity contribution is -0.708. The average molecular weight is 367 g/mol. The molecule has 1 atom stereocenters. The van der Waals surface area contributed by atoms with Crippen molar-refractivity contribution in [2.45, 2.75) is 19.5 Å². The molecular weight excluding hydrogens is 346 g/mol. The first-order valence-electron chi connectivity index (χ1n) is 8.76. The molecule has 0 aliphatic carbocycles. The molecule has 138 valence electrons. The topological polar surface area (TPSA) is 45.7 Å². The van der Waals surface area contributed by atoms with E-state index < -0.39 is 11.6 Å². The highest BCUT2D eigenvalue weighted by molar-refractivity contribution is 6.04. The number of benzene rings is 3. The average Bonchev–Trinajstić information content (AvgIpc) is 2.69. The number of hydrogen-bond donors (Lipinski definition) is 2. The van der Waals surface area contributed by atoms with Crippen LogP contribution in [0.5, 0.6) is 0 Å². The molecule has 3 N–H and O–H groups in total. The Hall–Kier alpha value is -3.05. The number of carbonyl (C=O) groups is 1. The zero-order valence-corrected chi connectivity index (χ0v) is 15.0. The maximum atomic E-state index is 13.4. The molecule has 0 aliphatic rings. The largest absolute Gasteiger partial charge is 0.337 e. The summed E-state index contributed by atoms with van der Waals surface area (Å²) in [5.74, 6) is -1.83. The third kappa shape index (κ3) is 4.99. The van der Waals surface area contributed by atoms with Crippen molar-refractivity contribution in [2.24, 2.45) is 0 Å². The smallest absolute Gasteiger partial charge is 0.255 e. The van der Waals surface area contributed by atoms with Crippen molar-refractivity contribution in [1.29, 1.82) is 0 Å². The number of hydrogen-bond acceptors (Lipinski definition) is 1. The van der Waals surface area contributed by atoms with E-state index in [0.717, 1.165) is 22.9 Å². The van der Waals surface area contributed by atoms with Gasteiger partial charge in [-0.3, -0.25) is 4.79 Å². The number of nitrogens with one attached hydrogen (secondary N) is 1. The molecule has 0 spiro atoms. The van der Waals surface area contributed by atoms with Gasteiger partial charge >= 0.3 is 0 Å². The minimum Gasteiger partial charge on any atom is -0.337 e. The van der Waals surface area contributed by atoms with E-state index in [1.807, 2.05) is 54.7 Å². The third-order valence-corrected chi connectivity index (χ3v) is 4.42. The summed E-state index contributed by atoms with van der Waals surface area (Å²) in [4.78, 5) is 12.3. The van der Waals surface area contributed by atoms with Crippen molar-refractivity contribution >= 4 is 11.6 Å². The van der Waals surface area contributed by atoms with Gasteiger partial charge in [-0.1, -0.05) is 30.3 Å². The minimum atomic E-state index is -0.838. The lowest BCUT2D eigenvalue weighted by atomic mass is 10.1. The van der Waals surface area contributed by atoms with Crippen LogP contribution < -0.4 is 10.6 Å². The molecule has 0 saturated carbocycles. The van der Waals surface area contributed by atoms with Crippen LogP contribution in [0.3, 0.4) is 0 Å². The van der Waals surface area contributed by atoms with Crippen LogP contribution in [0.4, 0.5) is 14.5 Å². The van der Waals surface area contributed by atoms with E-state index in [0.29, 0.717) is 12.1 Å². The van der Waals surface area contributed by atoms with Gasteiger partial charge in [0.15, 0.2) is 11.6 Å². The number of rotatable bonds is 6. The van der Waals surface area contributed by atoms with Gasteiger partial charge in [0.2, 0.25) is 0 Å². The Morgan fingerprint density at radius 3 is 2.33 bits per heavy atom. The van der Waals surface area contributed by atoms with Crippen LogP contribution in [0.2, 0.25) is 0 Å². The number of para-hydroxylation sites is 1. The Balaban J connectivity index is 1.57. The van der Waals surface area contributed by atoms with Gasteiger partial charge < -0.3 is 10.6 Å². The number of carbonyl (C=O) groups excluding carboxylic acids is 1. The molecular formula is C22H21F2N2O+. The first kappa shape index (κ1) is 18.7. The normalized spacial score (nSPS) is 11.8. The number of amides is 1. The Bertz CT molecular complexity index is 911. The number of anilines is 1. The number of halogens is 2. The maximum absolute atomic E-state index is 13.4. The summed E-state index contributed by atoms with van der Waals surface area (Å²) in [5, 5.41) is 4.88. The monoisotopic (exact) mass is 367 g/mol. The summed E-state index contributed by atoms with van der Waals surface area (Å²) in [6.45, 7) is 2.61. The van der Waals surface area contributed by atoms with Gasteiger partial charge in [0.05, 0.1) is 0 Å². The molecule has 0 unspecified atom stereocenters. The zero-order chi connectivity index (χ0) is 19.2. The molecule has 0 radical (unpaired) electrons. The minimum absolute atomic E-state index is 0.0128. The Morgan fingerprint density at radius 1 is 0.963 bits per heavy atom. The summed E-state index contributed by atoms with van der Waals surface area (Å²) in [6.07, 6.45) is 0. The van der Waals surface area contributed by atoms with Gasteiger partial charge in [-0.15, -0.1) is 0 Å². The van der Waals surface area contributed by atoms with Crippen LogP contribution in [0.1, 0.15) is 34.5 Å². The van der Waals surface area contributed by atoms with Crippen molar-refractivity contribution in [3.05, 3.63) is 101 Å². The van der Waals surface area contributed by atoms with E-state index in [1.54, 1.807) is 18.2 Å². The summed E-state index contributed by atoms with van der Waals surface area (Å²) in [6, 6.07) is 20.6. The van der Waals surface area contributed by atoms with E-state index in [2.05, 4.69) is 5.32 Å². The van der Waals surface area contributed by atoms with Gasteiger partial charge in [0, 0.05) is 22.4 Å². The van der Waals surface area contributed by atoms with E-state index in [4.69, 9.17) is 0 Å². The van der Waals surface area contributed by atoms with Crippen LogP contribution in [-0.4, -0.2) is 5.91 Å². The van der Waals surface area contributed by atoms with E-state index in [-0.39, 0.29) is 11.9 Å². The molecule has 5 heteroatoms. The standard InChI is InChI=1S/C22H20F2N2O/c1-15(18-11-12-20(23)21(24)13-18)25-14-16-7-9-17(10-8-16)22(27)26-19-5-3-2-4-6-19/h2-13,15,25H,14H2,1H3,(H,26,27)/p+1/t15-/m0/s1. The molecule has 0 aliphatic heterocycles. The molecule has 0 fully saturated rings. The zero-order valence-electron chi connectivity index (χ0n) is 15.0. The van der Waals surface area contributed by atoms with E-state index >= 15 is 0 Å². The summed E-state index contributed by atoms with van der Waals surface area (Å²) < 4.78 is 26.4. The van der Waals surface area contributed by atoms with Crippen LogP contribution in [0, 0.1) is 11.6 Å². The maximum Gasteiger partial charge on any atom is 0.255 e. The molecule has 3 aromatic rings. The Morgan fingerprint density at radius 2 is 1.67 bits per heavy atom. The Labute approximate surface area is 157 Å². The fraction of sp³-hybridized carbons (Fsp3) is 0.136. The van der Waals surface area contributed by atoms with Crippen molar-refractivity contribution in [3.8, 4) is 0 Å². The molecule has 1 amide bonds. The van der Waals surface area contributed by atoms with Crippen LogP contribution in [-0.2, 0) is 6.54 Å². The predicted molar refractivity (Wildman–Crippen MR) is 101 cm³/mol. The van der Waals surface area contributed by atoms with Crippen molar-refractivity contribution in [3.63, 3.8) is 0 Å². The highest BCUT2D eigenvalue weighted by Gasteiger charge is 2.12. The van der Waals surface area contributed by atoms with Gasteiger partial charge in [-0.25, -0.2) is 8.78 Å². The fourth-order valence-corrected chi connectivity index (χ4v) is 2.76. The number of nitrogens with two attached hydrogens (primary N) is 1. The first-order valence-corrected chi connectivity index (χ1v) is 8.76. The highest BCUT2D eigenvalue weighted by atomic mass is 19.2. The molecule has 0 saturated heterocycles. The molecule has 3 nitrogen and oxygen atoms in total. The molecule has 0 heterocycles. The summed E-state index contributed by atoms with van der Waals surface area (Å²) >= 11 is 0. The predicted octanol–water partition coefficient (Wildman–Crippen LogP) is 4.04. The van der Waals surface area contributed by atoms with Gasteiger partial charge in [-0.2, -0.15) is 0 Å². The van der Waals surface area contributed by atoms with Crippen molar-refractivity contribution in [2.75, 3.05) is 5.32 Å². The molecule has 0 aromatic heterocycles. The summed E-state index contributed by atoms with van der Waals surface area (Å²) in [5.41, 5.74) is 3.10. The van der Waals surface area contributed by atoms with Gasteiger partial charge in [0.25, 0.3) is 5.91 Å².